The van der Waals surface area contributed by atoms with Gasteiger partial charge < -0.3 is 9.73 Å². The molecule has 0 unspecified atom stereocenters. The second-order valence-corrected chi connectivity index (χ2v) is 4.69. The molecule has 0 aliphatic rings. The summed E-state index contributed by atoms with van der Waals surface area (Å²) >= 11 is 0. The number of carbonyl (C=O) groups is 1. The van der Waals surface area contributed by atoms with Crippen molar-refractivity contribution in [3.63, 3.8) is 0 Å². The molecular weight excluding hydrogens is 190 g/mol. The summed E-state index contributed by atoms with van der Waals surface area (Å²) in [5.74, 6) is 1.47. The molecule has 3 nitrogen and oxygen atoms in total. The molecule has 0 spiro atoms. The van der Waals surface area contributed by atoms with Gasteiger partial charge >= 0.3 is 0 Å². The van der Waals surface area contributed by atoms with Gasteiger partial charge in [-0.25, -0.2) is 0 Å². The molecular formula is C12H19NO2. The Hall–Kier alpha value is -1.25. The Bertz CT molecular complexity index is 358. The predicted molar refractivity (Wildman–Crippen MR) is 60.2 cm³/mol. The van der Waals surface area contributed by atoms with E-state index in [0.717, 1.165) is 5.76 Å². The number of aryl methyl sites for hydroxylation is 1. The minimum absolute atomic E-state index is 0.0600. The van der Waals surface area contributed by atoms with Crippen molar-refractivity contribution in [3.8, 4) is 0 Å². The molecule has 3 heteroatoms. The van der Waals surface area contributed by atoms with E-state index in [2.05, 4.69) is 26.1 Å². The Labute approximate surface area is 90.9 Å². The summed E-state index contributed by atoms with van der Waals surface area (Å²) in [7, 11) is 0. The molecule has 0 saturated carbocycles. The minimum atomic E-state index is -0.0609. The van der Waals surface area contributed by atoms with E-state index < -0.39 is 0 Å². The molecule has 15 heavy (non-hydrogen) atoms. The maximum Gasteiger partial charge on any atom is 0.254 e. The van der Waals surface area contributed by atoms with Crippen LogP contribution in [0.5, 0.6) is 0 Å². The fourth-order valence-electron chi connectivity index (χ4n) is 1.33. The summed E-state index contributed by atoms with van der Waals surface area (Å²) in [4.78, 5) is 11.6. The van der Waals surface area contributed by atoms with Crippen LogP contribution >= 0.6 is 0 Å². The first kappa shape index (κ1) is 11.8. The second kappa shape index (κ2) is 4.09. The molecule has 0 radical (unpaired) electrons. The van der Waals surface area contributed by atoms with Crippen molar-refractivity contribution in [1.82, 2.24) is 5.32 Å². The molecule has 84 valence electrons. The third-order valence-electron chi connectivity index (χ3n) is 2.24. The van der Waals surface area contributed by atoms with Crippen molar-refractivity contribution in [2.75, 3.05) is 6.54 Å². The number of nitrogens with one attached hydrogen (secondary N) is 1. The lowest BCUT2D eigenvalue weighted by Gasteiger charge is -2.13. The number of amides is 1. The zero-order valence-electron chi connectivity index (χ0n) is 10.1. The molecule has 1 rings (SSSR count). The van der Waals surface area contributed by atoms with Crippen molar-refractivity contribution >= 4 is 5.91 Å². The summed E-state index contributed by atoms with van der Waals surface area (Å²) in [6, 6.07) is 1.83. The van der Waals surface area contributed by atoms with E-state index in [0.29, 0.717) is 17.9 Å². The highest BCUT2D eigenvalue weighted by molar-refractivity contribution is 5.95. The highest BCUT2D eigenvalue weighted by Crippen LogP contribution is 2.26. The normalized spacial score (nSPS) is 11.5. The molecule has 1 N–H and O–H groups in total. The van der Waals surface area contributed by atoms with E-state index in [-0.39, 0.29) is 11.3 Å². The van der Waals surface area contributed by atoms with Gasteiger partial charge in [0.1, 0.15) is 11.5 Å². The third kappa shape index (κ3) is 2.61. The van der Waals surface area contributed by atoms with Gasteiger partial charge in [0.15, 0.2) is 0 Å². The molecule has 0 bridgehead atoms. The molecule has 1 aromatic rings. The number of hydrogen-bond acceptors (Lipinski definition) is 2. The largest absolute Gasteiger partial charge is 0.465 e. The molecule has 0 aromatic carbocycles. The SMILES string of the molecule is CCNC(=O)c1cc(C(C)(C)C)oc1C. The maximum absolute atomic E-state index is 11.6. The Kier molecular flexibility index (Phi) is 3.22. The van der Waals surface area contributed by atoms with Crippen LogP contribution in [0.2, 0.25) is 0 Å². The second-order valence-electron chi connectivity index (χ2n) is 4.69. The number of rotatable bonds is 2. The summed E-state index contributed by atoms with van der Waals surface area (Å²) < 4.78 is 5.59. The van der Waals surface area contributed by atoms with Crippen molar-refractivity contribution in [3.05, 3.63) is 23.2 Å². The number of carbonyl (C=O) groups excluding carboxylic acids is 1. The number of hydrogen-bond donors (Lipinski definition) is 1. The van der Waals surface area contributed by atoms with Gasteiger partial charge in [-0.1, -0.05) is 20.8 Å². The van der Waals surface area contributed by atoms with Gasteiger partial charge in [-0.2, -0.15) is 0 Å². The zero-order valence-corrected chi connectivity index (χ0v) is 10.1. The molecule has 0 aliphatic heterocycles. The molecule has 1 amide bonds. The van der Waals surface area contributed by atoms with Crippen LogP contribution in [0.4, 0.5) is 0 Å². The monoisotopic (exact) mass is 209 g/mol. The van der Waals surface area contributed by atoms with E-state index in [9.17, 15) is 4.79 Å². The third-order valence-corrected chi connectivity index (χ3v) is 2.24. The van der Waals surface area contributed by atoms with Crippen LogP contribution in [0.15, 0.2) is 10.5 Å². The number of furan rings is 1. The standard InChI is InChI=1S/C12H19NO2/c1-6-13-11(14)9-7-10(12(3,4)5)15-8(9)2/h7H,6H2,1-5H3,(H,13,14). The van der Waals surface area contributed by atoms with Gasteiger partial charge in [-0.15, -0.1) is 0 Å². The minimum Gasteiger partial charge on any atom is -0.465 e. The van der Waals surface area contributed by atoms with Crippen molar-refractivity contribution in [2.45, 2.75) is 40.0 Å². The molecule has 0 fully saturated rings. The zero-order chi connectivity index (χ0) is 11.6. The smallest absolute Gasteiger partial charge is 0.254 e. The van der Waals surface area contributed by atoms with Crippen LogP contribution in [-0.2, 0) is 5.41 Å². The summed E-state index contributed by atoms with van der Waals surface area (Å²) in [5.41, 5.74) is 0.581. The van der Waals surface area contributed by atoms with Crippen LogP contribution < -0.4 is 5.32 Å². The first-order valence-corrected chi connectivity index (χ1v) is 5.25. The predicted octanol–water partition coefficient (Wildman–Crippen LogP) is 2.64. The lowest BCUT2D eigenvalue weighted by Crippen LogP contribution is -2.22. The fraction of sp³-hybridized carbons (Fsp3) is 0.583. The van der Waals surface area contributed by atoms with Crippen LogP contribution in [0, 0.1) is 6.92 Å². The molecule has 1 aromatic heterocycles. The Balaban J connectivity index is 3.02. The Morgan fingerprint density at radius 2 is 2.07 bits per heavy atom. The summed E-state index contributed by atoms with van der Waals surface area (Å²) in [6.07, 6.45) is 0. The molecule has 1 heterocycles. The van der Waals surface area contributed by atoms with Crippen LogP contribution in [0.3, 0.4) is 0 Å². The highest BCUT2D eigenvalue weighted by Gasteiger charge is 2.22. The van der Waals surface area contributed by atoms with Gasteiger partial charge in [0.2, 0.25) is 0 Å². The average molecular weight is 209 g/mol. The van der Waals surface area contributed by atoms with Crippen LogP contribution in [-0.4, -0.2) is 12.5 Å². The van der Waals surface area contributed by atoms with Gasteiger partial charge in [-0.3, -0.25) is 4.79 Å². The van der Waals surface area contributed by atoms with Gasteiger partial charge in [0.25, 0.3) is 5.91 Å². The lowest BCUT2D eigenvalue weighted by molar-refractivity contribution is 0.0954. The van der Waals surface area contributed by atoms with Crippen LogP contribution in [0.25, 0.3) is 0 Å². The average Bonchev–Trinajstić information content (AvgIpc) is 2.47. The van der Waals surface area contributed by atoms with Gasteiger partial charge in [0, 0.05) is 12.0 Å². The summed E-state index contributed by atoms with van der Waals surface area (Å²) in [5, 5.41) is 2.77. The lowest BCUT2D eigenvalue weighted by atomic mass is 9.93. The van der Waals surface area contributed by atoms with Crippen molar-refractivity contribution < 1.29 is 9.21 Å². The maximum atomic E-state index is 11.6. The quantitative estimate of drug-likeness (QED) is 0.813. The Morgan fingerprint density at radius 1 is 1.47 bits per heavy atom. The van der Waals surface area contributed by atoms with Gasteiger partial charge in [-0.05, 0) is 19.9 Å². The van der Waals surface area contributed by atoms with E-state index in [4.69, 9.17) is 4.42 Å². The van der Waals surface area contributed by atoms with E-state index in [1.807, 2.05) is 19.9 Å². The fourth-order valence-corrected chi connectivity index (χ4v) is 1.33. The molecule has 0 saturated heterocycles. The highest BCUT2D eigenvalue weighted by atomic mass is 16.3. The molecule has 0 aliphatic carbocycles. The van der Waals surface area contributed by atoms with Gasteiger partial charge in [0.05, 0.1) is 5.56 Å². The van der Waals surface area contributed by atoms with E-state index >= 15 is 0 Å². The molecule has 0 atom stereocenters. The van der Waals surface area contributed by atoms with Crippen molar-refractivity contribution in [2.24, 2.45) is 0 Å². The first-order chi connectivity index (χ1) is 6.86. The van der Waals surface area contributed by atoms with Crippen LogP contribution in [0.1, 0.15) is 49.6 Å². The topological polar surface area (TPSA) is 42.2 Å². The van der Waals surface area contributed by atoms with Crippen molar-refractivity contribution in [1.29, 1.82) is 0 Å². The van der Waals surface area contributed by atoms with E-state index in [1.165, 1.54) is 0 Å². The summed E-state index contributed by atoms with van der Waals surface area (Å²) in [6.45, 7) is 10.5. The first-order valence-electron chi connectivity index (χ1n) is 5.25. The Morgan fingerprint density at radius 3 is 2.47 bits per heavy atom. The van der Waals surface area contributed by atoms with E-state index in [1.54, 1.807) is 0 Å².